The third-order valence-corrected chi connectivity index (χ3v) is 8.15. The van der Waals surface area contributed by atoms with Gasteiger partial charge in [0.1, 0.15) is 0 Å². The van der Waals surface area contributed by atoms with Crippen LogP contribution < -0.4 is 0 Å². The highest BCUT2D eigenvalue weighted by atomic mass is 79.9. The van der Waals surface area contributed by atoms with Crippen LogP contribution in [0.15, 0.2) is 4.47 Å². The molecule has 3 atom stereocenters. The molecule has 1 fully saturated rings. The summed E-state index contributed by atoms with van der Waals surface area (Å²) in [6, 6.07) is 0. The zero-order chi connectivity index (χ0) is 14.7. The largest absolute Gasteiger partial charge is 0.392 e. The van der Waals surface area contributed by atoms with Crippen molar-refractivity contribution in [1.82, 2.24) is 9.78 Å². The molecule has 2 heterocycles. The summed E-state index contributed by atoms with van der Waals surface area (Å²) in [4.78, 5) is 0. The summed E-state index contributed by atoms with van der Waals surface area (Å²) in [6.45, 7) is 7.17. The van der Waals surface area contributed by atoms with Gasteiger partial charge in [-0.3, -0.25) is 4.68 Å². The first-order valence-electron chi connectivity index (χ1n) is 7.21. The Balaban J connectivity index is 2.12. The zero-order valence-electron chi connectivity index (χ0n) is 12.3. The van der Waals surface area contributed by atoms with Crippen molar-refractivity contribution in [1.29, 1.82) is 0 Å². The van der Waals surface area contributed by atoms with Crippen molar-refractivity contribution in [2.75, 3.05) is 11.5 Å². The van der Waals surface area contributed by atoms with E-state index in [0.29, 0.717) is 16.9 Å². The molecule has 0 spiro atoms. The Morgan fingerprint density at radius 3 is 2.75 bits per heavy atom. The first-order valence-corrected chi connectivity index (χ1v) is 10.1. The van der Waals surface area contributed by atoms with Gasteiger partial charge in [0.2, 0.25) is 0 Å². The van der Waals surface area contributed by atoms with Crippen LogP contribution in [0.3, 0.4) is 0 Å². The van der Waals surface area contributed by atoms with Gasteiger partial charge in [0, 0.05) is 35.0 Å². The lowest BCUT2D eigenvalue weighted by Gasteiger charge is -2.33. The Hall–Kier alpha value is 0.350. The SMILES string of the molecule is CCC1SCCSC1C(O)Cc1c(Br)c(C)nn1CC. The van der Waals surface area contributed by atoms with Crippen LogP contribution in [-0.2, 0) is 13.0 Å². The number of hydrogen-bond acceptors (Lipinski definition) is 4. The van der Waals surface area contributed by atoms with Gasteiger partial charge >= 0.3 is 0 Å². The molecular weight excluding hydrogens is 356 g/mol. The molecule has 2 rings (SSSR count). The Kier molecular flexibility index (Phi) is 6.32. The Bertz CT molecular complexity index is 453. The predicted molar refractivity (Wildman–Crippen MR) is 92.8 cm³/mol. The summed E-state index contributed by atoms with van der Waals surface area (Å²) < 4.78 is 3.06. The van der Waals surface area contributed by atoms with Crippen LogP contribution in [-0.4, -0.2) is 43.0 Å². The minimum Gasteiger partial charge on any atom is -0.392 e. The highest BCUT2D eigenvalue weighted by molar-refractivity contribution is 9.10. The molecule has 0 saturated carbocycles. The van der Waals surface area contributed by atoms with E-state index in [1.54, 1.807) is 0 Å². The van der Waals surface area contributed by atoms with Crippen LogP contribution in [0, 0.1) is 6.92 Å². The van der Waals surface area contributed by atoms with Crippen molar-refractivity contribution in [3.8, 4) is 0 Å². The van der Waals surface area contributed by atoms with E-state index >= 15 is 0 Å². The van der Waals surface area contributed by atoms with Gasteiger partial charge < -0.3 is 5.11 Å². The lowest BCUT2D eigenvalue weighted by atomic mass is 10.1. The fourth-order valence-corrected chi connectivity index (χ4v) is 6.27. The molecule has 20 heavy (non-hydrogen) atoms. The highest BCUT2D eigenvalue weighted by Gasteiger charge is 2.32. The second-order valence-corrected chi connectivity index (χ2v) is 8.51. The van der Waals surface area contributed by atoms with Crippen LogP contribution in [0.25, 0.3) is 0 Å². The summed E-state index contributed by atoms with van der Waals surface area (Å²) >= 11 is 7.57. The molecule has 1 aliphatic heterocycles. The number of thioether (sulfide) groups is 2. The summed E-state index contributed by atoms with van der Waals surface area (Å²) in [5, 5.41) is 16.1. The van der Waals surface area contributed by atoms with Crippen LogP contribution in [0.2, 0.25) is 0 Å². The van der Waals surface area contributed by atoms with E-state index in [1.807, 2.05) is 35.1 Å². The summed E-state index contributed by atoms with van der Waals surface area (Å²) in [5.41, 5.74) is 2.13. The average Bonchev–Trinajstić information content (AvgIpc) is 2.74. The molecule has 0 amide bonds. The average molecular weight is 379 g/mol. The number of nitrogens with zero attached hydrogens (tertiary/aromatic N) is 2. The first kappa shape index (κ1) is 16.7. The van der Waals surface area contributed by atoms with Gasteiger partial charge in [-0.2, -0.15) is 28.6 Å². The maximum absolute atomic E-state index is 10.7. The van der Waals surface area contributed by atoms with Gasteiger partial charge in [0.05, 0.1) is 22.0 Å². The quantitative estimate of drug-likeness (QED) is 0.850. The third-order valence-electron chi connectivity index (χ3n) is 3.73. The number of hydrogen-bond donors (Lipinski definition) is 1. The van der Waals surface area contributed by atoms with Gasteiger partial charge in [0.15, 0.2) is 0 Å². The van der Waals surface area contributed by atoms with Crippen LogP contribution in [0.5, 0.6) is 0 Å². The van der Waals surface area contributed by atoms with E-state index in [-0.39, 0.29) is 6.10 Å². The van der Waals surface area contributed by atoms with Gasteiger partial charge in [0.25, 0.3) is 0 Å². The van der Waals surface area contributed by atoms with E-state index in [4.69, 9.17) is 0 Å². The van der Waals surface area contributed by atoms with Gasteiger partial charge in [-0.15, -0.1) is 0 Å². The molecule has 0 aliphatic carbocycles. The molecular formula is C14H23BrN2OS2. The summed E-state index contributed by atoms with van der Waals surface area (Å²) in [6.07, 6.45) is 1.52. The number of aliphatic hydroxyl groups is 1. The number of aliphatic hydroxyl groups excluding tert-OH is 1. The molecule has 0 aromatic carbocycles. The predicted octanol–water partition coefficient (Wildman–Crippen LogP) is 3.50. The van der Waals surface area contributed by atoms with Crippen LogP contribution in [0.4, 0.5) is 0 Å². The van der Waals surface area contributed by atoms with E-state index in [0.717, 1.165) is 34.6 Å². The maximum Gasteiger partial charge on any atom is 0.0738 e. The van der Waals surface area contributed by atoms with Crippen LogP contribution in [0.1, 0.15) is 31.7 Å². The Morgan fingerprint density at radius 2 is 2.10 bits per heavy atom. The molecule has 0 bridgehead atoms. The summed E-state index contributed by atoms with van der Waals surface area (Å²) in [7, 11) is 0. The van der Waals surface area contributed by atoms with Gasteiger partial charge in [-0.25, -0.2) is 0 Å². The molecule has 1 N–H and O–H groups in total. The molecule has 1 aromatic heterocycles. The normalized spacial score (nSPS) is 24.9. The molecule has 1 aliphatic rings. The molecule has 0 radical (unpaired) electrons. The topological polar surface area (TPSA) is 38.1 Å². The van der Waals surface area contributed by atoms with Crippen molar-refractivity contribution in [2.45, 2.75) is 56.8 Å². The summed E-state index contributed by atoms with van der Waals surface area (Å²) in [5.74, 6) is 2.36. The fourth-order valence-electron chi connectivity index (χ4n) is 2.67. The van der Waals surface area contributed by atoms with Crippen molar-refractivity contribution < 1.29 is 5.11 Å². The molecule has 1 aromatic rings. The zero-order valence-corrected chi connectivity index (χ0v) is 15.5. The minimum atomic E-state index is -0.296. The fraction of sp³-hybridized carbons (Fsp3) is 0.786. The Morgan fingerprint density at radius 1 is 1.40 bits per heavy atom. The standard InChI is InChI=1S/C14H23BrN2OS2/c1-4-12-14(20-7-6-19-12)11(18)8-10-13(15)9(3)16-17(10)5-2/h11-12,14,18H,4-8H2,1-3H3. The molecule has 3 unspecified atom stereocenters. The highest BCUT2D eigenvalue weighted by Crippen LogP contribution is 2.36. The Labute approximate surface area is 138 Å². The minimum absolute atomic E-state index is 0.296. The lowest BCUT2D eigenvalue weighted by Crippen LogP contribution is -2.37. The smallest absolute Gasteiger partial charge is 0.0738 e. The number of aromatic nitrogens is 2. The van der Waals surface area contributed by atoms with E-state index in [9.17, 15) is 5.11 Å². The first-order chi connectivity index (χ1) is 9.58. The van der Waals surface area contributed by atoms with E-state index in [2.05, 4.69) is 34.9 Å². The lowest BCUT2D eigenvalue weighted by molar-refractivity contribution is 0.166. The molecule has 1 saturated heterocycles. The van der Waals surface area contributed by atoms with Crippen molar-refractivity contribution >= 4 is 39.5 Å². The second kappa shape index (κ2) is 7.56. The van der Waals surface area contributed by atoms with Crippen molar-refractivity contribution in [3.63, 3.8) is 0 Å². The third kappa shape index (κ3) is 3.57. The van der Waals surface area contributed by atoms with Crippen LogP contribution >= 0.6 is 39.5 Å². The molecule has 3 nitrogen and oxygen atoms in total. The monoisotopic (exact) mass is 378 g/mol. The molecule has 114 valence electrons. The van der Waals surface area contributed by atoms with Gasteiger partial charge in [-0.05, 0) is 36.2 Å². The van der Waals surface area contributed by atoms with Gasteiger partial charge in [-0.1, -0.05) is 6.92 Å². The van der Waals surface area contributed by atoms with E-state index in [1.165, 1.54) is 5.75 Å². The molecule has 6 heteroatoms. The number of halogens is 1. The van der Waals surface area contributed by atoms with Crippen molar-refractivity contribution in [3.05, 3.63) is 15.9 Å². The van der Waals surface area contributed by atoms with E-state index < -0.39 is 0 Å². The van der Waals surface area contributed by atoms with Crippen molar-refractivity contribution in [2.24, 2.45) is 0 Å². The maximum atomic E-state index is 10.7. The number of aryl methyl sites for hydroxylation is 2. The second-order valence-electron chi connectivity index (χ2n) is 5.09. The number of rotatable bonds is 5.